The summed E-state index contributed by atoms with van der Waals surface area (Å²) in [6, 6.07) is 9.21. The third-order valence-corrected chi connectivity index (χ3v) is 3.44. The number of anilines is 1. The predicted molar refractivity (Wildman–Crippen MR) is 88.5 cm³/mol. The molecule has 0 bridgehead atoms. The number of pyridine rings is 1. The van der Waals surface area contributed by atoms with Crippen LogP contribution in [0.5, 0.6) is 0 Å². The van der Waals surface area contributed by atoms with E-state index < -0.39 is 0 Å². The highest BCUT2D eigenvalue weighted by atomic mass is 35.5. The third-order valence-electron chi connectivity index (χ3n) is 2.61. The number of halogens is 2. The molecule has 2 rings (SSSR count). The summed E-state index contributed by atoms with van der Waals surface area (Å²) in [5.41, 5.74) is 2.04. The number of rotatable bonds is 3. The molecule has 0 fully saturated rings. The highest BCUT2D eigenvalue weighted by molar-refractivity contribution is 7.80. The maximum absolute atomic E-state index is 6.09. The van der Waals surface area contributed by atoms with Gasteiger partial charge in [-0.15, -0.1) is 0 Å². The van der Waals surface area contributed by atoms with Crippen LogP contribution in [0.3, 0.4) is 0 Å². The second kappa shape index (κ2) is 6.88. The molecule has 3 nitrogen and oxygen atoms in total. The maximum atomic E-state index is 6.09. The van der Waals surface area contributed by atoms with Crippen molar-refractivity contribution < 1.29 is 0 Å². The van der Waals surface area contributed by atoms with Crippen molar-refractivity contribution in [3.8, 4) is 0 Å². The van der Waals surface area contributed by atoms with Crippen LogP contribution in [-0.4, -0.2) is 10.1 Å². The normalized spacial score (nSPS) is 10.2. The number of hydrogen-bond donors (Lipinski definition) is 2. The molecule has 1 aromatic heterocycles. The van der Waals surface area contributed by atoms with Crippen LogP contribution >= 0.6 is 35.4 Å². The van der Waals surface area contributed by atoms with Crippen LogP contribution in [0.15, 0.2) is 36.5 Å². The average molecular weight is 326 g/mol. The molecule has 0 aliphatic carbocycles. The molecule has 2 N–H and O–H groups in total. The monoisotopic (exact) mass is 325 g/mol. The lowest BCUT2D eigenvalue weighted by atomic mass is 10.2. The van der Waals surface area contributed by atoms with Gasteiger partial charge < -0.3 is 10.6 Å². The maximum Gasteiger partial charge on any atom is 0.172 e. The van der Waals surface area contributed by atoms with Gasteiger partial charge in [0, 0.05) is 22.8 Å². The Morgan fingerprint density at radius 2 is 2.05 bits per heavy atom. The molecular weight excluding hydrogens is 313 g/mol. The van der Waals surface area contributed by atoms with Crippen LogP contribution in [-0.2, 0) is 6.54 Å². The molecule has 0 amide bonds. The molecule has 104 valence electrons. The van der Waals surface area contributed by atoms with Crippen LogP contribution in [0, 0.1) is 6.92 Å². The van der Waals surface area contributed by atoms with Crippen molar-refractivity contribution in [1.29, 1.82) is 0 Å². The Balaban J connectivity index is 1.92. The number of nitrogens with zero attached hydrogens (tertiary/aromatic N) is 1. The lowest BCUT2D eigenvalue weighted by Gasteiger charge is -2.11. The van der Waals surface area contributed by atoms with E-state index in [9.17, 15) is 0 Å². The van der Waals surface area contributed by atoms with Gasteiger partial charge in [0.15, 0.2) is 5.11 Å². The van der Waals surface area contributed by atoms with Crippen molar-refractivity contribution in [2.24, 2.45) is 0 Å². The van der Waals surface area contributed by atoms with Gasteiger partial charge in [0.1, 0.15) is 5.82 Å². The summed E-state index contributed by atoms with van der Waals surface area (Å²) >= 11 is 17.2. The summed E-state index contributed by atoms with van der Waals surface area (Å²) in [5.74, 6) is 0.713. The van der Waals surface area contributed by atoms with Crippen LogP contribution < -0.4 is 10.6 Å². The third kappa shape index (κ3) is 4.34. The highest BCUT2D eigenvalue weighted by Crippen LogP contribution is 2.20. The second-order valence-corrected chi connectivity index (χ2v) is 5.51. The lowest BCUT2D eigenvalue weighted by molar-refractivity contribution is 0.925. The number of hydrogen-bond acceptors (Lipinski definition) is 2. The Kier molecular flexibility index (Phi) is 5.17. The molecule has 1 aromatic carbocycles. The molecule has 20 heavy (non-hydrogen) atoms. The van der Waals surface area contributed by atoms with E-state index in [4.69, 9.17) is 35.4 Å². The van der Waals surface area contributed by atoms with Crippen molar-refractivity contribution in [3.63, 3.8) is 0 Å². The number of thiocarbonyl (C=S) groups is 1. The minimum atomic E-state index is 0.495. The summed E-state index contributed by atoms with van der Waals surface area (Å²) in [6.07, 6.45) is 1.73. The fourth-order valence-corrected chi connectivity index (χ4v) is 2.26. The van der Waals surface area contributed by atoms with Gasteiger partial charge in [0.05, 0.1) is 0 Å². The van der Waals surface area contributed by atoms with E-state index in [0.717, 1.165) is 11.1 Å². The van der Waals surface area contributed by atoms with Crippen molar-refractivity contribution >= 4 is 46.4 Å². The van der Waals surface area contributed by atoms with Gasteiger partial charge in [0.2, 0.25) is 0 Å². The van der Waals surface area contributed by atoms with Gasteiger partial charge in [-0.25, -0.2) is 4.98 Å². The number of aryl methyl sites for hydroxylation is 1. The first-order valence-corrected chi connectivity index (χ1v) is 7.12. The molecule has 0 unspecified atom stereocenters. The Labute approximate surface area is 133 Å². The van der Waals surface area contributed by atoms with Crippen molar-refractivity contribution in [2.75, 3.05) is 5.32 Å². The Morgan fingerprint density at radius 1 is 1.25 bits per heavy atom. The van der Waals surface area contributed by atoms with Gasteiger partial charge in [-0.05, 0) is 54.5 Å². The first kappa shape index (κ1) is 15.0. The topological polar surface area (TPSA) is 37.0 Å². The highest BCUT2D eigenvalue weighted by Gasteiger charge is 2.03. The molecule has 0 saturated carbocycles. The van der Waals surface area contributed by atoms with Crippen molar-refractivity contribution in [3.05, 3.63) is 57.7 Å². The van der Waals surface area contributed by atoms with Crippen LogP contribution in [0.4, 0.5) is 5.82 Å². The predicted octanol–water partition coefficient (Wildman–Crippen LogP) is 4.18. The molecule has 0 radical (unpaired) electrons. The average Bonchev–Trinajstić information content (AvgIpc) is 2.37. The van der Waals surface area contributed by atoms with Gasteiger partial charge in [-0.3, -0.25) is 0 Å². The fraction of sp³-hybridized carbons (Fsp3) is 0.143. The first-order valence-electron chi connectivity index (χ1n) is 5.96. The fourth-order valence-electron chi connectivity index (χ4n) is 1.61. The van der Waals surface area contributed by atoms with Gasteiger partial charge in [-0.1, -0.05) is 29.3 Å². The van der Waals surface area contributed by atoms with Gasteiger partial charge in [0.25, 0.3) is 0 Å². The summed E-state index contributed by atoms with van der Waals surface area (Å²) in [6.45, 7) is 2.52. The summed E-state index contributed by atoms with van der Waals surface area (Å²) in [4.78, 5) is 4.18. The van der Waals surface area contributed by atoms with Gasteiger partial charge in [-0.2, -0.15) is 0 Å². The molecule has 1 heterocycles. The zero-order valence-electron chi connectivity index (χ0n) is 10.8. The van der Waals surface area contributed by atoms with Crippen LogP contribution in [0.1, 0.15) is 11.1 Å². The number of aromatic nitrogens is 1. The standard InChI is InChI=1S/C14H13Cl2N3S/c1-9-4-5-17-13(6-9)19-14(20)18-8-10-2-3-11(15)7-12(10)16/h2-7H,8H2,1H3,(H2,17,18,19,20). The SMILES string of the molecule is Cc1ccnc(NC(=S)NCc2ccc(Cl)cc2Cl)c1. The van der Waals surface area contributed by atoms with Crippen molar-refractivity contribution in [1.82, 2.24) is 10.3 Å². The van der Waals surface area contributed by atoms with Crippen LogP contribution in [0.2, 0.25) is 10.0 Å². The second-order valence-electron chi connectivity index (χ2n) is 4.26. The number of nitrogens with one attached hydrogen (secondary N) is 2. The van der Waals surface area contributed by atoms with Gasteiger partial charge >= 0.3 is 0 Å². The molecule has 0 spiro atoms. The molecular formula is C14H13Cl2N3S. The molecule has 2 aromatic rings. The van der Waals surface area contributed by atoms with Crippen LogP contribution in [0.25, 0.3) is 0 Å². The Hall–Kier alpha value is -1.36. The Morgan fingerprint density at radius 3 is 2.75 bits per heavy atom. The molecule has 0 saturated heterocycles. The zero-order chi connectivity index (χ0) is 14.5. The minimum Gasteiger partial charge on any atom is -0.358 e. The van der Waals surface area contributed by atoms with E-state index in [1.54, 1.807) is 18.3 Å². The van der Waals surface area contributed by atoms with E-state index >= 15 is 0 Å². The van der Waals surface area contributed by atoms with E-state index in [1.807, 2.05) is 25.1 Å². The van der Waals surface area contributed by atoms with E-state index in [0.29, 0.717) is 27.5 Å². The smallest absolute Gasteiger partial charge is 0.172 e. The zero-order valence-corrected chi connectivity index (χ0v) is 13.1. The van der Waals surface area contributed by atoms with E-state index in [1.165, 1.54) is 0 Å². The van der Waals surface area contributed by atoms with E-state index in [2.05, 4.69) is 15.6 Å². The lowest BCUT2D eigenvalue weighted by Crippen LogP contribution is -2.28. The number of benzene rings is 1. The van der Waals surface area contributed by atoms with E-state index in [-0.39, 0.29) is 0 Å². The Bertz CT molecular complexity index is 632. The molecule has 6 heteroatoms. The molecule has 0 aliphatic rings. The summed E-state index contributed by atoms with van der Waals surface area (Å²) < 4.78 is 0. The first-order chi connectivity index (χ1) is 9.54. The quantitative estimate of drug-likeness (QED) is 0.830. The largest absolute Gasteiger partial charge is 0.358 e. The molecule has 0 aliphatic heterocycles. The summed E-state index contributed by atoms with van der Waals surface area (Å²) in [5, 5.41) is 7.83. The minimum absolute atomic E-state index is 0.495. The van der Waals surface area contributed by atoms with Crippen molar-refractivity contribution in [2.45, 2.75) is 13.5 Å². The molecule has 0 atom stereocenters. The summed E-state index contributed by atoms with van der Waals surface area (Å²) in [7, 11) is 0.